The molecule has 0 aromatic carbocycles. The van der Waals surface area contributed by atoms with E-state index < -0.39 is 17.8 Å². The second-order valence-electron chi connectivity index (χ2n) is 7.89. The number of nitrogens with zero attached hydrogens (tertiary/aromatic N) is 5. The second kappa shape index (κ2) is 6.54. The lowest BCUT2D eigenvalue weighted by Crippen LogP contribution is -2.67. The van der Waals surface area contributed by atoms with Crippen LogP contribution in [0.15, 0.2) is 30.7 Å². The van der Waals surface area contributed by atoms with Crippen LogP contribution in [0.25, 0.3) is 11.0 Å². The summed E-state index contributed by atoms with van der Waals surface area (Å²) in [7, 11) is 0. The number of carbonyl (C=O) groups excluding carboxylic acids is 1. The molecule has 1 aliphatic carbocycles. The van der Waals surface area contributed by atoms with Gasteiger partial charge in [-0.15, -0.1) is 5.10 Å². The number of aromatic nitrogens is 5. The van der Waals surface area contributed by atoms with Crippen molar-refractivity contribution in [3.05, 3.63) is 36.3 Å². The van der Waals surface area contributed by atoms with Crippen LogP contribution in [0.5, 0.6) is 0 Å². The summed E-state index contributed by atoms with van der Waals surface area (Å²) < 4.78 is 38.1. The molecule has 1 spiro atoms. The van der Waals surface area contributed by atoms with Gasteiger partial charge in [0.15, 0.2) is 11.5 Å². The summed E-state index contributed by atoms with van der Waals surface area (Å²) >= 11 is 0. The molecule has 2 aliphatic rings. The maximum atomic E-state index is 12.7. The maximum absolute atomic E-state index is 12.7. The number of urea groups is 1. The lowest BCUT2D eigenvalue weighted by molar-refractivity contribution is -0.137. The number of H-pyrrole nitrogens is 1. The van der Waals surface area contributed by atoms with Crippen molar-refractivity contribution >= 4 is 28.6 Å². The van der Waals surface area contributed by atoms with Crippen LogP contribution in [0.2, 0.25) is 0 Å². The summed E-state index contributed by atoms with van der Waals surface area (Å²) in [5, 5.41) is 19.6. The fourth-order valence-electron chi connectivity index (χ4n) is 4.21. The Balaban J connectivity index is 1.11. The van der Waals surface area contributed by atoms with Crippen molar-refractivity contribution in [2.75, 3.05) is 23.3 Å². The molecule has 1 saturated carbocycles. The smallest absolute Gasteiger partial charge is 0.369 e. The van der Waals surface area contributed by atoms with Gasteiger partial charge in [0.2, 0.25) is 0 Å². The van der Waals surface area contributed by atoms with Gasteiger partial charge in [-0.1, -0.05) is 0 Å². The molecule has 0 bridgehead atoms. The molecule has 3 aromatic heterocycles. The third-order valence-electron chi connectivity index (χ3n) is 5.61. The summed E-state index contributed by atoms with van der Waals surface area (Å²) in [6.45, 7) is 1.74. The molecule has 30 heavy (non-hydrogen) atoms. The minimum Gasteiger partial charge on any atom is -0.369 e. The van der Waals surface area contributed by atoms with Crippen LogP contribution in [0.3, 0.4) is 0 Å². The van der Waals surface area contributed by atoms with Gasteiger partial charge < -0.3 is 10.2 Å². The van der Waals surface area contributed by atoms with E-state index in [1.54, 1.807) is 6.20 Å². The van der Waals surface area contributed by atoms with Crippen LogP contribution in [-0.4, -0.2) is 50.5 Å². The molecule has 2 fully saturated rings. The largest absolute Gasteiger partial charge is 0.418 e. The number of hydrogen-bond acceptors (Lipinski definition) is 6. The predicted molar refractivity (Wildman–Crippen MR) is 101 cm³/mol. The molecular weight excluding hydrogens is 401 g/mol. The van der Waals surface area contributed by atoms with Crippen molar-refractivity contribution in [3.8, 4) is 0 Å². The molecule has 1 saturated heterocycles. The van der Waals surface area contributed by atoms with E-state index in [-0.39, 0.29) is 17.3 Å². The van der Waals surface area contributed by atoms with Crippen LogP contribution in [-0.2, 0) is 6.18 Å². The fourth-order valence-corrected chi connectivity index (χ4v) is 4.21. The fraction of sp³-hybridized carbons (Fsp3) is 0.389. The summed E-state index contributed by atoms with van der Waals surface area (Å²) in [6, 6.07) is 2.18. The normalized spacial score (nSPS) is 18.2. The van der Waals surface area contributed by atoms with E-state index >= 15 is 0 Å². The first kappa shape index (κ1) is 18.6. The Morgan fingerprint density at radius 3 is 2.77 bits per heavy atom. The molecule has 12 heteroatoms. The topological polar surface area (TPSA) is 112 Å². The highest BCUT2D eigenvalue weighted by atomic mass is 19.4. The number of aromatic amines is 1. The molecule has 2 amide bonds. The molecule has 3 aromatic rings. The highest BCUT2D eigenvalue weighted by Gasteiger charge is 2.52. The summed E-state index contributed by atoms with van der Waals surface area (Å²) in [6.07, 6.45) is 1.24. The van der Waals surface area contributed by atoms with E-state index in [0.717, 1.165) is 48.7 Å². The minimum atomic E-state index is -4.54. The molecule has 1 aliphatic heterocycles. The average Bonchev–Trinajstić information content (AvgIpc) is 3.09. The van der Waals surface area contributed by atoms with Gasteiger partial charge in [-0.05, 0) is 25.0 Å². The molecule has 0 radical (unpaired) electrons. The first-order valence-corrected chi connectivity index (χ1v) is 9.31. The van der Waals surface area contributed by atoms with Crippen LogP contribution >= 0.6 is 0 Å². The monoisotopic (exact) mass is 418 g/mol. The summed E-state index contributed by atoms with van der Waals surface area (Å²) in [4.78, 5) is 18.7. The van der Waals surface area contributed by atoms with Crippen LogP contribution in [0.4, 0.5) is 29.5 Å². The first-order valence-electron chi connectivity index (χ1n) is 9.31. The van der Waals surface area contributed by atoms with E-state index in [2.05, 4.69) is 40.9 Å². The van der Waals surface area contributed by atoms with Gasteiger partial charge in [-0.2, -0.15) is 23.4 Å². The third kappa shape index (κ3) is 3.37. The van der Waals surface area contributed by atoms with E-state index in [0.29, 0.717) is 6.20 Å². The molecular formula is C18H17F3N8O. The summed E-state index contributed by atoms with van der Waals surface area (Å²) in [5.41, 5.74) is 0.970. The van der Waals surface area contributed by atoms with Crippen molar-refractivity contribution in [3.63, 3.8) is 0 Å². The number of pyridine rings is 1. The Morgan fingerprint density at radius 2 is 2.00 bits per heavy atom. The maximum Gasteiger partial charge on any atom is 0.418 e. The standard InChI is InChI=1S/C18H17F3N8O/c19-18(20,21)11-2-14(27-24-6-11)26-16(30)25-12-3-17(4-12)8-29(9-17)13-1-10-5-23-28-15(10)22-7-13/h1-2,5-7,12H,3-4,8-9H2,(H,22,23,28)(H2,25,26,27,30). The van der Waals surface area contributed by atoms with Gasteiger partial charge in [-0.3, -0.25) is 10.4 Å². The third-order valence-corrected chi connectivity index (χ3v) is 5.61. The van der Waals surface area contributed by atoms with Gasteiger partial charge in [0, 0.05) is 29.9 Å². The number of halogens is 3. The van der Waals surface area contributed by atoms with Crippen LogP contribution in [0.1, 0.15) is 18.4 Å². The summed E-state index contributed by atoms with van der Waals surface area (Å²) in [5.74, 6) is -0.242. The first-order chi connectivity index (χ1) is 14.3. The number of anilines is 2. The number of nitrogens with one attached hydrogen (secondary N) is 3. The quantitative estimate of drug-likeness (QED) is 0.603. The predicted octanol–water partition coefficient (Wildman–Crippen LogP) is 2.56. The van der Waals surface area contributed by atoms with Gasteiger partial charge in [0.05, 0.1) is 29.8 Å². The van der Waals surface area contributed by atoms with Gasteiger partial charge in [0.1, 0.15) is 0 Å². The Morgan fingerprint density at radius 1 is 1.20 bits per heavy atom. The zero-order valence-corrected chi connectivity index (χ0v) is 15.6. The Bertz CT molecular complexity index is 1100. The SMILES string of the molecule is O=C(Nc1cc(C(F)(F)F)cnn1)NC1CC2(C1)CN(c1cnc3[nH]ncc3c1)C2. The average molecular weight is 418 g/mol. The van der Waals surface area contributed by atoms with Gasteiger partial charge in [-0.25, -0.2) is 9.78 Å². The van der Waals surface area contributed by atoms with Gasteiger partial charge in [0.25, 0.3) is 0 Å². The molecule has 5 rings (SSSR count). The lowest BCUT2D eigenvalue weighted by atomic mass is 9.60. The van der Waals surface area contributed by atoms with E-state index in [9.17, 15) is 18.0 Å². The van der Waals surface area contributed by atoms with E-state index in [1.165, 1.54) is 0 Å². The molecule has 3 N–H and O–H groups in total. The number of alkyl halides is 3. The zero-order valence-electron chi connectivity index (χ0n) is 15.6. The van der Waals surface area contributed by atoms with Crippen molar-refractivity contribution in [1.82, 2.24) is 30.7 Å². The van der Waals surface area contributed by atoms with E-state index in [4.69, 9.17) is 0 Å². The zero-order chi connectivity index (χ0) is 20.9. The highest BCUT2D eigenvalue weighted by Crippen LogP contribution is 2.49. The Kier molecular flexibility index (Phi) is 4.05. The second-order valence-corrected chi connectivity index (χ2v) is 7.89. The van der Waals surface area contributed by atoms with Crippen molar-refractivity contribution in [2.24, 2.45) is 5.41 Å². The number of carbonyl (C=O) groups is 1. The van der Waals surface area contributed by atoms with Crippen LogP contribution < -0.4 is 15.5 Å². The number of hydrogen-bond donors (Lipinski definition) is 3. The van der Waals surface area contributed by atoms with Crippen LogP contribution in [0, 0.1) is 5.41 Å². The number of amides is 2. The van der Waals surface area contributed by atoms with Crippen molar-refractivity contribution < 1.29 is 18.0 Å². The molecule has 4 heterocycles. The Labute approximate surface area is 168 Å². The molecule has 156 valence electrons. The van der Waals surface area contributed by atoms with E-state index in [1.807, 2.05) is 12.3 Å². The Hall–Kier alpha value is -3.44. The molecule has 9 nitrogen and oxygen atoms in total. The molecule has 0 atom stereocenters. The lowest BCUT2D eigenvalue weighted by Gasteiger charge is -2.59. The number of fused-ring (bicyclic) bond motifs is 1. The minimum absolute atomic E-state index is 0.0274. The molecule has 0 unspecified atom stereocenters. The van der Waals surface area contributed by atoms with Crippen molar-refractivity contribution in [1.29, 1.82) is 0 Å². The number of rotatable bonds is 3. The highest BCUT2D eigenvalue weighted by molar-refractivity contribution is 5.88. The van der Waals surface area contributed by atoms with Crippen molar-refractivity contribution in [2.45, 2.75) is 25.1 Å². The van der Waals surface area contributed by atoms with Gasteiger partial charge >= 0.3 is 12.2 Å².